The number of carbonyl (C=O) groups is 1. The van der Waals surface area contributed by atoms with Crippen LogP contribution in [0.15, 0.2) is 85.2 Å². The zero-order chi connectivity index (χ0) is 22.5. The molecule has 1 heterocycles. The maximum atomic E-state index is 12.7. The van der Waals surface area contributed by atoms with Crippen LogP contribution in [0.5, 0.6) is 0 Å². The number of benzene rings is 3. The molecule has 0 radical (unpaired) electrons. The first-order chi connectivity index (χ1) is 15.5. The number of amides is 1. The van der Waals surface area contributed by atoms with Gasteiger partial charge >= 0.3 is 0 Å². The van der Waals surface area contributed by atoms with E-state index in [0.29, 0.717) is 17.3 Å². The van der Waals surface area contributed by atoms with E-state index in [1.165, 1.54) is 17.5 Å². The molecule has 4 aromatic rings. The molecule has 0 fully saturated rings. The quantitative estimate of drug-likeness (QED) is 0.369. The van der Waals surface area contributed by atoms with Crippen LogP contribution in [0.4, 0.5) is 17.2 Å². The van der Waals surface area contributed by atoms with Crippen LogP contribution in [0, 0.1) is 6.92 Å². The second-order valence-electron chi connectivity index (χ2n) is 8.09. The average Bonchev–Trinajstić information content (AvgIpc) is 2.80. The van der Waals surface area contributed by atoms with E-state index in [0.717, 1.165) is 22.6 Å². The Morgan fingerprint density at radius 1 is 0.844 bits per heavy atom. The Morgan fingerprint density at radius 3 is 2.31 bits per heavy atom. The Balaban J connectivity index is 1.47. The van der Waals surface area contributed by atoms with E-state index in [4.69, 9.17) is 0 Å². The van der Waals surface area contributed by atoms with Crippen LogP contribution >= 0.6 is 0 Å². The minimum atomic E-state index is -0.158. The SMILES string of the molecule is Cc1ccc(-c2cc(Nc3cccc(C(=O)Nc4ccc(C(C)C)cc4)c3)ncn2)cc1. The predicted molar refractivity (Wildman–Crippen MR) is 130 cm³/mol. The van der Waals surface area contributed by atoms with E-state index in [-0.39, 0.29) is 5.91 Å². The van der Waals surface area contributed by atoms with Gasteiger partial charge in [0.05, 0.1) is 5.69 Å². The molecule has 3 aromatic carbocycles. The summed E-state index contributed by atoms with van der Waals surface area (Å²) in [5.41, 5.74) is 6.42. The second kappa shape index (κ2) is 9.43. The number of nitrogens with one attached hydrogen (secondary N) is 2. The van der Waals surface area contributed by atoms with Gasteiger partial charge in [-0.3, -0.25) is 4.79 Å². The van der Waals surface area contributed by atoms with Crippen molar-refractivity contribution in [3.8, 4) is 11.3 Å². The molecule has 1 aromatic heterocycles. The van der Waals surface area contributed by atoms with E-state index in [2.05, 4.69) is 53.5 Å². The van der Waals surface area contributed by atoms with Gasteiger partial charge in [0.15, 0.2) is 0 Å². The summed E-state index contributed by atoms with van der Waals surface area (Å²) in [6, 6.07) is 25.4. The molecule has 5 nitrogen and oxygen atoms in total. The van der Waals surface area contributed by atoms with E-state index in [1.807, 2.05) is 60.7 Å². The molecule has 4 rings (SSSR count). The maximum absolute atomic E-state index is 12.7. The minimum absolute atomic E-state index is 0.158. The van der Waals surface area contributed by atoms with Crippen molar-refractivity contribution in [3.05, 3.63) is 102 Å². The van der Waals surface area contributed by atoms with Gasteiger partial charge in [0.25, 0.3) is 5.91 Å². The molecule has 2 N–H and O–H groups in total. The molecule has 0 aliphatic carbocycles. The molecular formula is C27H26N4O. The molecular weight excluding hydrogens is 396 g/mol. The fraction of sp³-hybridized carbons (Fsp3) is 0.148. The van der Waals surface area contributed by atoms with E-state index < -0.39 is 0 Å². The number of hydrogen-bond donors (Lipinski definition) is 2. The predicted octanol–water partition coefficient (Wildman–Crippen LogP) is 6.57. The van der Waals surface area contributed by atoms with Crippen LogP contribution in [-0.4, -0.2) is 15.9 Å². The van der Waals surface area contributed by atoms with Gasteiger partial charge in [-0.15, -0.1) is 0 Å². The third-order valence-corrected chi connectivity index (χ3v) is 5.25. The Morgan fingerprint density at radius 2 is 1.59 bits per heavy atom. The van der Waals surface area contributed by atoms with Crippen LogP contribution in [-0.2, 0) is 0 Å². The van der Waals surface area contributed by atoms with Crippen molar-refractivity contribution in [2.45, 2.75) is 26.7 Å². The van der Waals surface area contributed by atoms with Crippen molar-refractivity contribution < 1.29 is 4.79 Å². The highest BCUT2D eigenvalue weighted by Crippen LogP contribution is 2.23. The lowest BCUT2D eigenvalue weighted by Crippen LogP contribution is -2.12. The van der Waals surface area contributed by atoms with Gasteiger partial charge in [-0.25, -0.2) is 9.97 Å². The number of nitrogens with zero attached hydrogens (tertiary/aromatic N) is 2. The Hall–Kier alpha value is -3.99. The third-order valence-electron chi connectivity index (χ3n) is 5.25. The zero-order valence-corrected chi connectivity index (χ0v) is 18.5. The van der Waals surface area contributed by atoms with Gasteiger partial charge in [-0.2, -0.15) is 0 Å². The van der Waals surface area contributed by atoms with Gasteiger partial charge < -0.3 is 10.6 Å². The summed E-state index contributed by atoms with van der Waals surface area (Å²) in [5.74, 6) is 0.960. The lowest BCUT2D eigenvalue weighted by atomic mass is 10.0. The van der Waals surface area contributed by atoms with Gasteiger partial charge in [0.2, 0.25) is 0 Å². The molecule has 32 heavy (non-hydrogen) atoms. The lowest BCUT2D eigenvalue weighted by Gasteiger charge is -2.10. The van der Waals surface area contributed by atoms with Gasteiger partial charge in [-0.1, -0.05) is 61.9 Å². The van der Waals surface area contributed by atoms with E-state index >= 15 is 0 Å². The highest BCUT2D eigenvalue weighted by Gasteiger charge is 2.09. The van der Waals surface area contributed by atoms with Gasteiger partial charge in [-0.05, 0) is 48.7 Å². The molecule has 0 bridgehead atoms. The fourth-order valence-electron chi connectivity index (χ4n) is 3.35. The first-order valence-corrected chi connectivity index (χ1v) is 10.7. The molecule has 0 atom stereocenters. The Kier molecular flexibility index (Phi) is 6.26. The third kappa shape index (κ3) is 5.19. The number of hydrogen-bond acceptors (Lipinski definition) is 4. The average molecular weight is 423 g/mol. The van der Waals surface area contributed by atoms with Crippen LogP contribution in [0.1, 0.15) is 41.3 Å². The summed E-state index contributed by atoms with van der Waals surface area (Å²) in [4.78, 5) is 21.4. The number of anilines is 3. The summed E-state index contributed by atoms with van der Waals surface area (Å²) >= 11 is 0. The standard InChI is InChI=1S/C27H26N4O/c1-18(2)20-11-13-23(14-12-20)31-27(32)22-5-4-6-24(15-22)30-26-16-25(28-17-29-26)21-9-7-19(3)8-10-21/h4-18H,1-3H3,(H,31,32)(H,28,29,30). The highest BCUT2D eigenvalue weighted by molar-refractivity contribution is 6.04. The first-order valence-electron chi connectivity index (χ1n) is 10.7. The van der Waals surface area contributed by atoms with Crippen LogP contribution < -0.4 is 10.6 Å². The van der Waals surface area contributed by atoms with Crippen molar-refractivity contribution in [3.63, 3.8) is 0 Å². The maximum Gasteiger partial charge on any atom is 0.255 e. The van der Waals surface area contributed by atoms with Crippen LogP contribution in [0.25, 0.3) is 11.3 Å². The summed E-state index contributed by atoms with van der Waals surface area (Å²) < 4.78 is 0. The summed E-state index contributed by atoms with van der Waals surface area (Å²) in [5, 5.41) is 6.23. The topological polar surface area (TPSA) is 66.9 Å². The van der Waals surface area contributed by atoms with E-state index in [9.17, 15) is 4.79 Å². The molecule has 0 spiro atoms. The second-order valence-corrected chi connectivity index (χ2v) is 8.09. The first kappa shape index (κ1) is 21.2. The number of aromatic nitrogens is 2. The monoisotopic (exact) mass is 422 g/mol. The summed E-state index contributed by atoms with van der Waals surface area (Å²) in [6.45, 7) is 6.35. The Labute approximate surface area is 188 Å². The summed E-state index contributed by atoms with van der Waals surface area (Å²) in [7, 11) is 0. The zero-order valence-electron chi connectivity index (χ0n) is 18.5. The van der Waals surface area contributed by atoms with Crippen LogP contribution in [0.2, 0.25) is 0 Å². The minimum Gasteiger partial charge on any atom is -0.340 e. The van der Waals surface area contributed by atoms with E-state index in [1.54, 1.807) is 6.07 Å². The van der Waals surface area contributed by atoms with Crippen molar-refractivity contribution >= 4 is 23.1 Å². The fourth-order valence-corrected chi connectivity index (χ4v) is 3.35. The molecule has 0 unspecified atom stereocenters. The number of carbonyl (C=O) groups excluding carboxylic acids is 1. The molecule has 0 aliphatic heterocycles. The van der Waals surface area contributed by atoms with Crippen molar-refractivity contribution in [1.29, 1.82) is 0 Å². The summed E-state index contributed by atoms with van der Waals surface area (Å²) in [6.07, 6.45) is 1.54. The van der Waals surface area contributed by atoms with Crippen molar-refractivity contribution in [2.24, 2.45) is 0 Å². The molecule has 0 aliphatic rings. The smallest absolute Gasteiger partial charge is 0.255 e. The molecule has 0 saturated carbocycles. The molecule has 160 valence electrons. The normalized spacial score (nSPS) is 10.8. The van der Waals surface area contributed by atoms with Gasteiger partial charge in [0.1, 0.15) is 12.1 Å². The van der Waals surface area contributed by atoms with Crippen molar-refractivity contribution in [1.82, 2.24) is 9.97 Å². The Bertz CT molecular complexity index is 1220. The highest BCUT2D eigenvalue weighted by atomic mass is 16.1. The lowest BCUT2D eigenvalue weighted by molar-refractivity contribution is 0.102. The number of rotatable bonds is 6. The number of aryl methyl sites for hydroxylation is 1. The largest absolute Gasteiger partial charge is 0.340 e. The van der Waals surface area contributed by atoms with Gasteiger partial charge in [0, 0.05) is 28.6 Å². The van der Waals surface area contributed by atoms with Crippen LogP contribution in [0.3, 0.4) is 0 Å². The molecule has 5 heteroatoms. The molecule has 1 amide bonds. The molecule has 0 saturated heterocycles. The van der Waals surface area contributed by atoms with Crippen molar-refractivity contribution in [2.75, 3.05) is 10.6 Å².